The molecule has 0 aliphatic heterocycles. The second-order valence-electron chi connectivity index (χ2n) is 8.20. The summed E-state index contributed by atoms with van der Waals surface area (Å²) in [4.78, 5) is 26.4. The van der Waals surface area contributed by atoms with Crippen molar-refractivity contribution >= 4 is 39.9 Å². The summed E-state index contributed by atoms with van der Waals surface area (Å²) in [7, 11) is 0. The second kappa shape index (κ2) is 10.4. The van der Waals surface area contributed by atoms with Crippen LogP contribution >= 0.6 is 11.8 Å². The Balaban J connectivity index is 1.21. The van der Waals surface area contributed by atoms with Crippen LogP contribution in [0.5, 0.6) is 0 Å². The van der Waals surface area contributed by atoms with Crippen LogP contribution in [-0.2, 0) is 0 Å². The summed E-state index contributed by atoms with van der Waals surface area (Å²) in [6, 6.07) is 39.1. The van der Waals surface area contributed by atoms with Crippen molar-refractivity contribution in [2.45, 2.75) is 4.90 Å². The standard InChI is InChI=1S/C31H23NO2S/c33-30(25-16-13-24(14-17-25)22-7-2-1-3-8-22)21-35-29-12-6-11-28(20-29)32-31(34)27-18-15-23-9-4-5-10-26(23)19-27/h1-20H,21H2,(H,32,34). The molecule has 0 saturated carbocycles. The van der Waals surface area contributed by atoms with E-state index in [1.807, 2.05) is 109 Å². The molecule has 4 heteroatoms. The van der Waals surface area contributed by atoms with Crippen LogP contribution in [0.15, 0.2) is 126 Å². The Bertz CT molecular complexity index is 1490. The molecule has 0 heterocycles. The first kappa shape index (κ1) is 22.6. The molecule has 1 amide bonds. The first-order chi connectivity index (χ1) is 17.2. The number of Topliss-reactive ketones (excluding diaryl/α,β-unsaturated/α-hetero) is 1. The van der Waals surface area contributed by atoms with E-state index in [-0.39, 0.29) is 11.7 Å². The molecular formula is C31H23NO2S. The summed E-state index contributed by atoms with van der Waals surface area (Å²) in [5, 5.41) is 5.09. The summed E-state index contributed by atoms with van der Waals surface area (Å²) in [6.45, 7) is 0. The van der Waals surface area contributed by atoms with E-state index in [2.05, 4.69) is 17.4 Å². The molecular weight excluding hydrogens is 450 g/mol. The fourth-order valence-corrected chi connectivity index (χ4v) is 4.76. The van der Waals surface area contributed by atoms with Crippen LogP contribution in [0.25, 0.3) is 21.9 Å². The smallest absolute Gasteiger partial charge is 0.255 e. The van der Waals surface area contributed by atoms with Gasteiger partial charge in [-0.15, -0.1) is 11.8 Å². The topological polar surface area (TPSA) is 46.2 Å². The monoisotopic (exact) mass is 473 g/mol. The fourth-order valence-electron chi connectivity index (χ4n) is 3.91. The zero-order chi connectivity index (χ0) is 24.0. The highest BCUT2D eigenvalue weighted by Crippen LogP contribution is 2.25. The van der Waals surface area contributed by atoms with Crippen LogP contribution in [0.1, 0.15) is 20.7 Å². The third-order valence-electron chi connectivity index (χ3n) is 5.79. The number of carbonyl (C=O) groups excluding carboxylic acids is 2. The third kappa shape index (κ3) is 5.51. The van der Waals surface area contributed by atoms with Gasteiger partial charge in [0.1, 0.15) is 0 Å². The molecule has 5 aromatic carbocycles. The van der Waals surface area contributed by atoms with Crippen LogP contribution in [0.4, 0.5) is 5.69 Å². The highest BCUT2D eigenvalue weighted by atomic mass is 32.2. The summed E-state index contributed by atoms with van der Waals surface area (Å²) in [5.74, 6) is 0.236. The van der Waals surface area contributed by atoms with Crippen molar-refractivity contribution in [2.75, 3.05) is 11.1 Å². The molecule has 0 atom stereocenters. The van der Waals surface area contributed by atoms with E-state index in [1.165, 1.54) is 11.8 Å². The van der Waals surface area contributed by atoms with Crippen molar-refractivity contribution in [3.8, 4) is 11.1 Å². The van der Waals surface area contributed by atoms with Crippen molar-refractivity contribution in [2.24, 2.45) is 0 Å². The number of anilines is 1. The number of thioether (sulfide) groups is 1. The van der Waals surface area contributed by atoms with Gasteiger partial charge >= 0.3 is 0 Å². The van der Waals surface area contributed by atoms with Gasteiger partial charge in [-0.25, -0.2) is 0 Å². The Morgan fingerprint density at radius 3 is 2.09 bits per heavy atom. The highest BCUT2D eigenvalue weighted by molar-refractivity contribution is 8.00. The van der Waals surface area contributed by atoms with Crippen molar-refractivity contribution < 1.29 is 9.59 Å². The molecule has 0 aliphatic carbocycles. The van der Waals surface area contributed by atoms with Gasteiger partial charge in [0, 0.05) is 21.7 Å². The minimum atomic E-state index is -0.160. The lowest BCUT2D eigenvalue weighted by Crippen LogP contribution is -2.11. The summed E-state index contributed by atoms with van der Waals surface area (Å²) >= 11 is 1.46. The van der Waals surface area contributed by atoms with Gasteiger partial charge in [-0.05, 0) is 52.2 Å². The number of hydrogen-bond donors (Lipinski definition) is 1. The van der Waals surface area contributed by atoms with Crippen molar-refractivity contribution in [3.05, 3.63) is 132 Å². The van der Waals surface area contributed by atoms with Gasteiger partial charge in [-0.3, -0.25) is 9.59 Å². The Morgan fingerprint density at radius 2 is 1.29 bits per heavy atom. The molecule has 0 bridgehead atoms. The van der Waals surface area contributed by atoms with Crippen LogP contribution in [0.2, 0.25) is 0 Å². The molecule has 35 heavy (non-hydrogen) atoms. The van der Waals surface area contributed by atoms with Gasteiger partial charge in [0.2, 0.25) is 0 Å². The Kier molecular flexibility index (Phi) is 6.73. The molecule has 0 fully saturated rings. The normalized spacial score (nSPS) is 10.7. The number of carbonyl (C=O) groups is 2. The molecule has 0 unspecified atom stereocenters. The molecule has 1 N–H and O–H groups in total. The largest absolute Gasteiger partial charge is 0.322 e. The SMILES string of the molecule is O=C(CSc1cccc(NC(=O)c2ccc3ccccc3c2)c1)c1ccc(-c2ccccc2)cc1. The molecule has 0 aromatic heterocycles. The lowest BCUT2D eigenvalue weighted by molar-refractivity contribution is 0.101. The first-order valence-electron chi connectivity index (χ1n) is 11.4. The summed E-state index contributed by atoms with van der Waals surface area (Å²) < 4.78 is 0. The number of nitrogens with one attached hydrogen (secondary N) is 1. The predicted molar refractivity (Wildman–Crippen MR) is 145 cm³/mol. The first-order valence-corrected chi connectivity index (χ1v) is 12.4. The number of hydrogen-bond acceptors (Lipinski definition) is 3. The van der Waals surface area contributed by atoms with Crippen molar-refractivity contribution in [1.82, 2.24) is 0 Å². The maximum atomic E-state index is 12.8. The number of rotatable bonds is 7. The van der Waals surface area contributed by atoms with Crippen LogP contribution in [0, 0.1) is 0 Å². The number of amides is 1. The molecule has 0 saturated heterocycles. The zero-order valence-corrected chi connectivity index (χ0v) is 19.8. The van der Waals surface area contributed by atoms with E-state index >= 15 is 0 Å². The molecule has 0 aliphatic rings. The Labute approximate surface area is 208 Å². The molecule has 0 spiro atoms. The maximum Gasteiger partial charge on any atom is 0.255 e. The zero-order valence-electron chi connectivity index (χ0n) is 19.0. The van der Waals surface area contributed by atoms with E-state index in [0.717, 1.165) is 26.8 Å². The maximum absolute atomic E-state index is 12.8. The van der Waals surface area contributed by atoms with Crippen LogP contribution in [-0.4, -0.2) is 17.4 Å². The van der Waals surface area contributed by atoms with Crippen LogP contribution < -0.4 is 5.32 Å². The average molecular weight is 474 g/mol. The van der Waals surface area contributed by atoms with Gasteiger partial charge < -0.3 is 5.32 Å². The Morgan fingerprint density at radius 1 is 0.600 bits per heavy atom. The fraction of sp³-hybridized carbons (Fsp3) is 0.0323. The van der Waals surface area contributed by atoms with E-state index < -0.39 is 0 Å². The molecule has 5 aromatic rings. The lowest BCUT2D eigenvalue weighted by atomic mass is 10.0. The minimum absolute atomic E-state index is 0.0696. The van der Waals surface area contributed by atoms with Gasteiger partial charge in [0.05, 0.1) is 5.75 Å². The van der Waals surface area contributed by atoms with Gasteiger partial charge in [-0.2, -0.15) is 0 Å². The quantitative estimate of drug-likeness (QED) is 0.194. The molecule has 0 radical (unpaired) electrons. The average Bonchev–Trinajstić information content (AvgIpc) is 2.92. The third-order valence-corrected chi connectivity index (χ3v) is 6.78. The number of benzene rings is 5. The van der Waals surface area contributed by atoms with E-state index in [1.54, 1.807) is 0 Å². The van der Waals surface area contributed by atoms with Gasteiger partial charge in [0.15, 0.2) is 5.78 Å². The van der Waals surface area contributed by atoms with Crippen molar-refractivity contribution in [3.63, 3.8) is 0 Å². The molecule has 3 nitrogen and oxygen atoms in total. The van der Waals surface area contributed by atoms with E-state index in [4.69, 9.17) is 0 Å². The second-order valence-corrected chi connectivity index (χ2v) is 9.25. The van der Waals surface area contributed by atoms with Gasteiger partial charge in [-0.1, -0.05) is 91.0 Å². The number of ketones is 1. The summed E-state index contributed by atoms with van der Waals surface area (Å²) in [6.07, 6.45) is 0. The minimum Gasteiger partial charge on any atom is -0.322 e. The lowest BCUT2D eigenvalue weighted by Gasteiger charge is -2.09. The molecule has 170 valence electrons. The highest BCUT2D eigenvalue weighted by Gasteiger charge is 2.10. The number of fused-ring (bicyclic) bond motifs is 1. The van der Waals surface area contributed by atoms with Crippen molar-refractivity contribution in [1.29, 1.82) is 0 Å². The summed E-state index contributed by atoms with van der Waals surface area (Å²) in [5.41, 5.74) is 4.22. The van der Waals surface area contributed by atoms with Gasteiger partial charge in [0.25, 0.3) is 5.91 Å². The van der Waals surface area contributed by atoms with E-state index in [9.17, 15) is 9.59 Å². The molecule has 5 rings (SSSR count). The Hall–Kier alpha value is -4.15. The van der Waals surface area contributed by atoms with Crippen LogP contribution in [0.3, 0.4) is 0 Å². The van der Waals surface area contributed by atoms with E-state index in [0.29, 0.717) is 22.6 Å². The predicted octanol–water partition coefficient (Wildman–Crippen LogP) is 7.73.